The average Bonchev–Trinajstić information content (AvgIpc) is 4.01. The van der Waals surface area contributed by atoms with Crippen molar-refractivity contribution in [2.24, 2.45) is 0 Å². The topological polar surface area (TPSA) is 114 Å². The highest BCUT2D eigenvalue weighted by Gasteiger charge is 2.22. The monoisotopic (exact) mass is 1010 g/mol. The van der Waals surface area contributed by atoms with Gasteiger partial charge in [0.15, 0.2) is 0 Å². The maximum Gasteiger partial charge on any atom is 0.489 e. The fourth-order valence-corrected chi connectivity index (χ4v) is 10.9. The molecule has 0 bridgehead atoms. The van der Waals surface area contributed by atoms with Crippen molar-refractivity contribution < 1.29 is 18.9 Å². The first kappa shape index (κ1) is 45.8. The normalized spacial score (nSPS) is 11.1. The van der Waals surface area contributed by atoms with Gasteiger partial charge in [0, 0.05) is 26.0 Å². The SMILES string of the molecule is N#Cc1ccc2c(c1)oc1cc(-c3c4ccccc4c(-c4ccccc4)c4ccccc34)ccc12.N#Cc1ccc2c(c1)oc1cc(Br)ccc12.OB(O)c1c2ccccc2c(-c2ccccc2)c2ccccc12. The van der Waals surface area contributed by atoms with Gasteiger partial charge < -0.3 is 18.9 Å². The van der Waals surface area contributed by atoms with Gasteiger partial charge in [-0.15, -0.1) is 0 Å². The third-order valence-electron chi connectivity index (χ3n) is 13.7. The lowest BCUT2D eigenvalue weighted by Gasteiger charge is -2.17. The summed E-state index contributed by atoms with van der Waals surface area (Å²) in [7, 11) is -1.50. The highest BCUT2D eigenvalue weighted by Crippen LogP contribution is 2.45. The van der Waals surface area contributed by atoms with E-state index in [4.69, 9.17) is 14.1 Å². The Morgan fingerprint density at radius 1 is 0.324 bits per heavy atom. The Morgan fingerprint density at radius 2 is 0.649 bits per heavy atom. The van der Waals surface area contributed by atoms with Gasteiger partial charge in [-0.1, -0.05) is 180 Å². The Bertz CT molecular complexity index is 4460. The molecule has 0 aliphatic carbocycles. The van der Waals surface area contributed by atoms with Crippen LogP contribution in [-0.4, -0.2) is 17.2 Å². The molecule has 0 radical (unpaired) electrons. The van der Waals surface area contributed by atoms with Gasteiger partial charge in [-0.25, -0.2) is 0 Å². The molecule has 2 aromatic heterocycles. The van der Waals surface area contributed by atoms with Crippen LogP contribution in [0.1, 0.15) is 11.1 Å². The summed E-state index contributed by atoms with van der Waals surface area (Å²) in [5.41, 5.74) is 12.0. The minimum absolute atomic E-state index is 0.566. The Labute approximate surface area is 434 Å². The molecule has 2 N–H and O–H groups in total. The van der Waals surface area contributed by atoms with E-state index in [2.05, 4.69) is 137 Å². The van der Waals surface area contributed by atoms with E-state index in [1.54, 1.807) is 12.1 Å². The van der Waals surface area contributed by atoms with Crippen LogP contribution >= 0.6 is 15.9 Å². The number of rotatable bonds is 4. The maximum atomic E-state index is 9.94. The van der Waals surface area contributed by atoms with Crippen molar-refractivity contribution in [3.05, 3.63) is 246 Å². The molecule has 0 aliphatic heterocycles. The van der Waals surface area contributed by atoms with Gasteiger partial charge in [0.05, 0.1) is 23.3 Å². The van der Waals surface area contributed by atoms with Crippen LogP contribution in [0.5, 0.6) is 0 Å². The number of furan rings is 2. The number of hydrogen-bond acceptors (Lipinski definition) is 6. The quantitative estimate of drug-likeness (QED) is 0.134. The van der Waals surface area contributed by atoms with E-state index >= 15 is 0 Å². The van der Waals surface area contributed by atoms with Gasteiger partial charge in [-0.3, -0.25) is 0 Å². The molecule has 14 aromatic rings. The van der Waals surface area contributed by atoms with E-state index in [0.717, 1.165) is 86.6 Å². The highest BCUT2D eigenvalue weighted by atomic mass is 79.9. The summed E-state index contributed by atoms with van der Waals surface area (Å²) in [6.45, 7) is 0. The van der Waals surface area contributed by atoms with E-state index < -0.39 is 7.12 Å². The highest BCUT2D eigenvalue weighted by molar-refractivity contribution is 9.10. The minimum atomic E-state index is -1.50. The molecule has 2 heterocycles. The van der Waals surface area contributed by atoms with Gasteiger partial charge in [0.1, 0.15) is 22.3 Å². The van der Waals surface area contributed by atoms with Crippen molar-refractivity contribution in [2.75, 3.05) is 0 Å². The zero-order valence-corrected chi connectivity index (χ0v) is 41.1. The number of hydrogen-bond donors (Lipinski definition) is 2. The zero-order chi connectivity index (χ0) is 50.3. The largest absolute Gasteiger partial charge is 0.489 e. The summed E-state index contributed by atoms with van der Waals surface area (Å²) < 4.78 is 12.9. The number of fused-ring (bicyclic) bond motifs is 10. The second kappa shape index (κ2) is 19.4. The summed E-state index contributed by atoms with van der Waals surface area (Å²) in [5.74, 6) is 0. The molecular weight excluding hydrogens is 975 g/mol. The Hall–Kier alpha value is -9.28. The van der Waals surface area contributed by atoms with Crippen molar-refractivity contribution in [2.45, 2.75) is 0 Å². The van der Waals surface area contributed by atoms with Crippen LogP contribution in [0.15, 0.2) is 244 Å². The summed E-state index contributed by atoms with van der Waals surface area (Å²) >= 11 is 3.41. The maximum absolute atomic E-state index is 9.94. The summed E-state index contributed by atoms with van der Waals surface area (Å²) in [5, 5.41) is 50.9. The number of nitrogens with zero attached hydrogens (tertiary/aromatic N) is 2. The predicted molar refractivity (Wildman–Crippen MR) is 307 cm³/mol. The second-order valence-corrected chi connectivity index (χ2v) is 18.9. The van der Waals surface area contributed by atoms with Gasteiger partial charge in [-0.2, -0.15) is 10.5 Å². The first-order valence-electron chi connectivity index (χ1n) is 24.1. The fraction of sp³-hybridized carbons (Fsp3) is 0. The van der Waals surface area contributed by atoms with Crippen LogP contribution in [-0.2, 0) is 0 Å². The molecule has 6 nitrogen and oxygen atoms in total. The van der Waals surface area contributed by atoms with Crippen LogP contribution in [0.2, 0.25) is 0 Å². The lowest BCUT2D eigenvalue weighted by molar-refractivity contribution is 0.426. The van der Waals surface area contributed by atoms with Gasteiger partial charge >= 0.3 is 7.12 Å². The first-order valence-corrected chi connectivity index (χ1v) is 24.9. The lowest BCUT2D eigenvalue weighted by Crippen LogP contribution is -2.31. The van der Waals surface area contributed by atoms with Crippen molar-refractivity contribution in [3.63, 3.8) is 0 Å². The van der Waals surface area contributed by atoms with E-state index in [1.165, 1.54) is 38.2 Å². The van der Waals surface area contributed by atoms with Crippen molar-refractivity contribution >= 4 is 115 Å². The predicted octanol–water partition coefficient (Wildman–Crippen LogP) is 16.7. The van der Waals surface area contributed by atoms with Crippen LogP contribution < -0.4 is 5.46 Å². The molecule has 0 amide bonds. The van der Waals surface area contributed by atoms with E-state index in [0.29, 0.717) is 16.6 Å². The molecule has 14 rings (SSSR count). The van der Waals surface area contributed by atoms with Crippen LogP contribution in [0.3, 0.4) is 0 Å². The van der Waals surface area contributed by atoms with Crippen LogP contribution in [0, 0.1) is 22.7 Å². The molecule has 348 valence electrons. The molecule has 0 atom stereocenters. The molecule has 74 heavy (non-hydrogen) atoms. The molecule has 0 saturated carbocycles. The molecule has 8 heteroatoms. The first-order chi connectivity index (χ1) is 36.4. The third-order valence-corrected chi connectivity index (χ3v) is 14.2. The molecule has 0 spiro atoms. The number of nitriles is 2. The lowest BCUT2D eigenvalue weighted by atomic mass is 9.72. The Kier molecular flexibility index (Phi) is 12.0. The van der Waals surface area contributed by atoms with E-state index in [1.807, 2.05) is 109 Å². The summed E-state index contributed by atoms with van der Waals surface area (Å²) in [6.07, 6.45) is 0. The van der Waals surface area contributed by atoms with E-state index in [9.17, 15) is 15.3 Å². The van der Waals surface area contributed by atoms with Crippen molar-refractivity contribution in [3.8, 4) is 45.5 Å². The Morgan fingerprint density at radius 3 is 1.05 bits per heavy atom. The average molecular weight is 1020 g/mol. The summed E-state index contributed by atoms with van der Waals surface area (Å²) in [6, 6.07) is 81.8. The van der Waals surface area contributed by atoms with Crippen molar-refractivity contribution in [1.82, 2.24) is 0 Å². The fourth-order valence-electron chi connectivity index (χ4n) is 10.5. The zero-order valence-electron chi connectivity index (χ0n) is 39.5. The molecule has 0 fully saturated rings. The summed E-state index contributed by atoms with van der Waals surface area (Å²) in [4.78, 5) is 0. The minimum Gasteiger partial charge on any atom is -0.456 e. The van der Waals surface area contributed by atoms with E-state index in [-0.39, 0.29) is 0 Å². The molecular formula is C66H40BBrN2O4. The smallest absolute Gasteiger partial charge is 0.456 e. The van der Waals surface area contributed by atoms with Gasteiger partial charge in [0.25, 0.3) is 0 Å². The molecule has 0 saturated heterocycles. The van der Waals surface area contributed by atoms with Crippen molar-refractivity contribution in [1.29, 1.82) is 10.5 Å². The standard InChI is InChI=1S/C33H19NO.C20H15BO2.C13H6BrNO/c34-20-21-14-16-24-25-17-15-23(19-31(25)35-30(24)18-21)33-28-12-6-4-10-26(28)32(22-8-2-1-3-9-22)27-11-5-7-13-29(27)33;22-21(23)20-17-12-6-4-10-15(17)19(14-8-2-1-3-9-14)16-11-5-7-13-18(16)20;14-9-2-4-11-10-3-1-8(7-15)5-12(10)16-13(11)6-9/h1-19H;1-13,22-23H;1-6H. The van der Waals surface area contributed by atoms with Gasteiger partial charge in [-0.05, 0) is 149 Å². The second-order valence-electron chi connectivity index (χ2n) is 18.0. The third kappa shape index (κ3) is 8.20. The number of benzene rings is 12. The molecule has 0 aliphatic rings. The van der Waals surface area contributed by atoms with Crippen LogP contribution in [0.25, 0.3) is 120 Å². The Balaban J connectivity index is 0.000000122. The molecule has 12 aromatic carbocycles. The van der Waals surface area contributed by atoms with Crippen LogP contribution in [0.4, 0.5) is 0 Å². The van der Waals surface area contributed by atoms with Gasteiger partial charge in [0.2, 0.25) is 0 Å². The number of halogens is 1. The molecule has 0 unspecified atom stereocenters.